The number of aryl methyl sites for hydroxylation is 1. The van der Waals surface area contributed by atoms with Crippen LogP contribution in [-0.4, -0.2) is 14.3 Å². The summed E-state index contributed by atoms with van der Waals surface area (Å²) in [6.45, 7) is 3.74. The zero-order chi connectivity index (χ0) is 17.3. The van der Waals surface area contributed by atoms with Crippen LogP contribution in [0, 0.1) is 5.82 Å². The molecule has 0 unspecified atom stereocenters. The van der Waals surface area contributed by atoms with Gasteiger partial charge in [-0.15, -0.1) is 4.40 Å². The van der Waals surface area contributed by atoms with Crippen LogP contribution in [0.25, 0.3) is 4.91 Å². The van der Waals surface area contributed by atoms with Crippen molar-refractivity contribution < 1.29 is 12.8 Å². The minimum Gasteiger partial charge on any atom is -0.339 e. The van der Waals surface area contributed by atoms with Crippen LogP contribution >= 0.6 is 0 Å². The number of anilines is 1. The summed E-state index contributed by atoms with van der Waals surface area (Å²) >= 11 is 0. The van der Waals surface area contributed by atoms with E-state index in [1.807, 2.05) is 24.3 Å². The SMILES string of the molecule is CCc1cccc(NC2=NS(=O)(=O)C(c3ccc(F)cc3)=C2C)c1. The van der Waals surface area contributed by atoms with E-state index in [2.05, 4.69) is 16.6 Å². The smallest absolute Gasteiger partial charge is 0.285 e. The van der Waals surface area contributed by atoms with Gasteiger partial charge in [0.2, 0.25) is 0 Å². The summed E-state index contributed by atoms with van der Waals surface area (Å²) < 4.78 is 41.7. The first-order valence-electron chi connectivity index (χ1n) is 7.59. The highest BCUT2D eigenvalue weighted by molar-refractivity contribution is 8.00. The third-order valence-electron chi connectivity index (χ3n) is 3.87. The fourth-order valence-electron chi connectivity index (χ4n) is 2.62. The molecule has 0 amide bonds. The van der Waals surface area contributed by atoms with E-state index in [0.29, 0.717) is 17.0 Å². The molecule has 0 bridgehead atoms. The number of amidine groups is 1. The Balaban J connectivity index is 1.99. The molecule has 0 atom stereocenters. The normalized spacial score (nSPS) is 16.2. The first-order valence-corrected chi connectivity index (χ1v) is 9.03. The summed E-state index contributed by atoms with van der Waals surface area (Å²) in [5, 5.41) is 3.07. The van der Waals surface area contributed by atoms with E-state index in [1.54, 1.807) is 6.92 Å². The van der Waals surface area contributed by atoms with Gasteiger partial charge in [0, 0.05) is 11.3 Å². The second kappa shape index (κ2) is 6.20. The lowest BCUT2D eigenvalue weighted by Crippen LogP contribution is -2.11. The zero-order valence-corrected chi connectivity index (χ0v) is 14.2. The molecule has 1 aliphatic rings. The number of rotatable bonds is 3. The van der Waals surface area contributed by atoms with Gasteiger partial charge in [0.25, 0.3) is 10.0 Å². The van der Waals surface area contributed by atoms with Crippen molar-refractivity contribution in [3.05, 3.63) is 71.0 Å². The Morgan fingerprint density at radius 2 is 1.83 bits per heavy atom. The fourth-order valence-corrected chi connectivity index (χ4v) is 4.06. The van der Waals surface area contributed by atoms with E-state index in [9.17, 15) is 12.8 Å². The number of sulfonamides is 1. The maximum atomic E-state index is 13.1. The number of nitrogens with zero attached hydrogens (tertiary/aromatic N) is 1. The summed E-state index contributed by atoms with van der Waals surface area (Å²) in [7, 11) is -3.80. The topological polar surface area (TPSA) is 58.5 Å². The minimum atomic E-state index is -3.80. The van der Waals surface area contributed by atoms with E-state index in [-0.39, 0.29) is 4.91 Å². The van der Waals surface area contributed by atoms with E-state index < -0.39 is 15.8 Å². The van der Waals surface area contributed by atoms with E-state index in [0.717, 1.165) is 17.7 Å². The molecule has 124 valence electrons. The molecule has 3 rings (SSSR count). The molecule has 6 heteroatoms. The van der Waals surface area contributed by atoms with Gasteiger partial charge < -0.3 is 5.32 Å². The number of hydrogen-bond acceptors (Lipinski definition) is 3. The Hall–Kier alpha value is -2.47. The van der Waals surface area contributed by atoms with Crippen LogP contribution < -0.4 is 5.32 Å². The molecule has 0 aliphatic carbocycles. The molecular weight excluding hydrogens is 327 g/mol. The van der Waals surface area contributed by atoms with Crippen LogP contribution in [0.1, 0.15) is 25.0 Å². The molecule has 1 N–H and O–H groups in total. The second-order valence-electron chi connectivity index (χ2n) is 5.55. The second-order valence-corrected chi connectivity index (χ2v) is 7.10. The number of hydrogen-bond donors (Lipinski definition) is 1. The van der Waals surface area contributed by atoms with Crippen molar-refractivity contribution in [1.29, 1.82) is 0 Å². The Bertz CT molecular complexity index is 945. The Labute approximate surface area is 140 Å². The highest BCUT2D eigenvalue weighted by Crippen LogP contribution is 2.33. The quantitative estimate of drug-likeness (QED) is 0.916. The molecule has 2 aromatic carbocycles. The Morgan fingerprint density at radius 1 is 1.12 bits per heavy atom. The molecule has 4 nitrogen and oxygen atoms in total. The lowest BCUT2D eigenvalue weighted by atomic mass is 10.1. The van der Waals surface area contributed by atoms with Crippen molar-refractivity contribution in [1.82, 2.24) is 0 Å². The van der Waals surface area contributed by atoms with Crippen molar-refractivity contribution in [2.75, 3.05) is 5.32 Å². The average molecular weight is 344 g/mol. The van der Waals surface area contributed by atoms with Crippen LogP contribution in [0.4, 0.5) is 10.1 Å². The molecule has 0 aromatic heterocycles. The van der Waals surface area contributed by atoms with Crippen LogP contribution in [-0.2, 0) is 16.4 Å². The monoisotopic (exact) mass is 344 g/mol. The molecule has 2 aromatic rings. The maximum Gasteiger partial charge on any atom is 0.285 e. The first-order chi connectivity index (χ1) is 11.4. The molecule has 0 saturated heterocycles. The number of benzene rings is 2. The molecular formula is C18H17FN2O2S. The van der Waals surface area contributed by atoms with Gasteiger partial charge in [0.15, 0.2) is 0 Å². The molecule has 0 saturated carbocycles. The summed E-state index contributed by atoms with van der Waals surface area (Å²) in [5.74, 6) is -0.120. The first kappa shape index (κ1) is 16.4. The predicted octanol–water partition coefficient (Wildman–Crippen LogP) is 3.97. The van der Waals surface area contributed by atoms with Gasteiger partial charge >= 0.3 is 0 Å². The third kappa shape index (κ3) is 3.10. The maximum absolute atomic E-state index is 13.1. The van der Waals surface area contributed by atoms with Crippen LogP contribution in [0.15, 0.2) is 58.5 Å². The van der Waals surface area contributed by atoms with Crippen molar-refractivity contribution in [2.24, 2.45) is 4.40 Å². The van der Waals surface area contributed by atoms with Gasteiger partial charge in [-0.3, -0.25) is 0 Å². The molecule has 0 radical (unpaired) electrons. The van der Waals surface area contributed by atoms with E-state index in [4.69, 9.17) is 0 Å². The Kier molecular flexibility index (Phi) is 4.24. The van der Waals surface area contributed by atoms with Crippen LogP contribution in [0.3, 0.4) is 0 Å². The van der Waals surface area contributed by atoms with Gasteiger partial charge in [-0.1, -0.05) is 31.2 Å². The largest absolute Gasteiger partial charge is 0.339 e. The lowest BCUT2D eigenvalue weighted by Gasteiger charge is -2.08. The van der Waals surface area contributed by atoms with Gasteiger partial charge in [-0.05, 0) is 48.7 Å². The van der Waals surface area contributed by atoms with Crippen molar-refractivity contribution >= 4 is 26.5 Å². The van der Waals surface area contributed by atoms with Crippen LogP contribution in [0.2, 0.25) is 0 Å². The van der Waals surface area contributed by atoms with Gasteiger partial charge in [0.1, 0.15) is 16.6 Å². The minimum absolute atomic E-state index is 0.108. The van der Waals surface area contributed by atoms with Gasteiger partial charge in [0.05, 0.1) is 0 Å². The Morgan fingerprint density at radius 3 is 2.50 bits per heavy atom. The summed E-state index contributed by atoms with van der Waals surface area (Å²) in [6.07, 6.45) is 0.885. The molecule has 1 aliphatic heterocycles. The molecule has 0 spiro atoms. The highest BCUT2D eigenvalue weighted by Gasteiger charge is 2.31. The standard InChI is InChI=1S/C18H17FN2O2S/c1-3-13-5-4-6-16(11-13)20-18-12(2)17(24(22,23)21-18)14-7-9-15(19)10-8-14/h4-11H,3H2,1-2H3,(H,20,21). The highest BCUT2D eigenvalue weighted by atomic mass is 32.2. The van der Waals surface area contributed by atoms with Crippen molar-refractivity contribution in [2.45, 2.75) is 20.3 Å². The zero-order valence-electron chi connectivity index (χ0n) is 13.4. The predicted molar refractivity (Wildman–Crippen MR) is 94.8 cm³/mol. The van der Waals surface area contributed by atoms with Crippen LogP contribution in [0.5, 0.6) is 0 Å². The summed E-state index contributed by atoms with van der Waals surface area (Å²) in [5.41, 5.74) is 2.87. The van der Waals surface area contributed by atoms with Crippen molar-refractivity contribution in [3.63, 3.8) is 0 Å². The fraction of sp³-hybridized carbons (Fsp3) is 0.167. The third-order valence-corrected chi connectivity index (χ3v) is 5.35. The van der Waals surface area contributed by atoms with E-state index >= 15 is 0 Å². The summed E-state index contributed by atoms with van der Waals surface area (Å²) in [6, 6.07) is 13.1. The van der Waals surface area contributed by atoms with Crippen molar-refractivity contribution in [3.8, 4) is 0 Å². The lowest BCUT2D eigenvalue weighted by molar-refractivity contribution is 0.608. The van der Waals surface area contributed by atoms with Gasteiger partial charge in [-0.25, -0.2) is 4.39 Å². The average Bonchev–Trinajstić information content (AvgIpc) is 2.77. The number of halogens is 1. The van der Waals surface area contributed by atoms with Gasteiger partial charge in [-0.2, -0.15) is 8.42 Å². The summed E-state index contributed by atoms with van der Waals surface area (Å²) in [4.78, 5) is 0.108. The molecule has 24 heavy (non-hydrogen) atoms. The molecule has 1 heterocycles. The molecule has 0 fully saturated rings. The number of nitrogens with one attached hydrogen (secondary N) is 1. The van der Waals surface area contributed by atoms with E-state index in [1.165, 1.54) is 24.3 Å².